The van der Waals surface area contributed by atoms with Crippen LogP contribution < -0.4 is 5.32 Å². The Kier molecular flexibility index (Phi) is 3.02. The Hall–Kier alpha value is -1.08. The van der Waals surface area contributed by atoms with Gasteiger partial charge in [-0.15, -0.1) is 0 Å². The minimum atomic E-state index is 0.861. The molecule has 1 heteroatoms. The van der Waals surface area contributed by atoms with Gasteiger partial charge in [-0.25, -0.2) is 0 Å². The van der Waals surface area contributed by atoms with Crippen molar-refractivity contribution in [2.75, 3.05) is 13.1 Å². The molecule has 0 radical (unpaired) electrons. The van der Waals surface area contributed by atoms with Gasteiger partial charge >= 0.3 is 0 Å². The van der Waals surface area contributed by atoms with Crippen LogP contribution in [0, 0.1) is 6.92 Å². The first-order valence-corrected chi connectivity index (χ1v) is 6.85. The van der Waals surface area contributed by atoms with Crippen LogP contribution in [0.2, 0.25) is 0 Å². The van der Waals surface area contributed by atoms with E-state index < -0.39 is 0 Å². The summed E-state index contributed by atoms with van der Waals surface area (Å²) in [5.74, 6) is 0.861. The molecule has 0 saturated heterocycles. The fourth-order valence-electron chi connectivity index (χ4n) is 2.74. The van der Waals surface area contributed by atoms with Crippen molar-refractivity contribution in [2.45, 2.75) is 38.5 Å². The summed E-state index contributed by atoms with van der Waals surface area (Å²) in [6.45, 7) is 4.50. The second-order valence-corrected chi connectivity index (χ2v) is 5.36. The minimum absolute atomic E-state index is 0.861. The second kappa shape index (κ2) is 4.66. The molecule has 17 heavy (non-hydrogen) atoms. The van der Waals surface area contributed by atoms with Crippen LogP contribution in [0.1, 0.15) is 48.3 Å². The van der Waals surface area contributed by atoms with Crippen LogP contribution >= 0.6 is 0 Å². The number of hydrogen-bond acceptors (Lipinski definition) is 1. The maximum atomic E-state index is 3.46. The monoisotopic (exact) mass is 227 g/mol. The fourth-order valence-corrected chi connectivity index (χ4v) is 2.74. The Bertz CT molecular complexity index is 441. The summed E-state index contributed by atoms with van der Waals surface area (Å²) in [6.07, 6.45) is 7.55. The molecule has 1 nitrogen and oxygen atoms in total. The second-order valence-electron chi connectivity index (χ2n) is 5.36. The largest absolute Gasteiger partial charge is 0.316 e. The maximum absolute atomic E-state index is 3.46. The van der Waals surface area contributed by atoms with Crippen LogP contribution in [-0.4, -0.2) is 13.1 Å². The van der Waals surface area contributed by atoms with Crippen LogP contribution in [0.15, 0.2) is 24.3 Å². The van der Waals surface area contributed by atoms with Crippen molar-refractivity contribution >= 4 is 5.57 Å². The zero-order valence-corrected chi connectivity index (χ0v) is 10.6. The minimum Gasteiger partial charge on any atom is -0.316 e. The first kappa shape index (κ1) is 11.0. The normalized spacial score (nSPS) is 20.9. The van der Waals surface area contributed by atoms with Crippen molar-refractivity contribution in [1.82, 2.24) is 5.32 Å². The highest BCUT2D eigenvalue weighted by Gasteiger charge is 2.25. The summed E-state index contributed by atoms with van der Waals surface area (Å²) in [5.41, 5.74) is 6.07. The van der Waals surface area contributed by atoms with Crippen molar-refractivity contribution in [3.63, 3.8) is 0 Å². The lowest BCUT2D eigenvalue weighted by molar-refractivity contribution is 0.718. The van der Waals surface area contributed by atoms with Gasteiger partial charge in [0.1, 0.15) is 0 Å². The lowest BCUT2D eigenvalue weighted by Gasteiger charge is -2.10. The highest BCUT2D eigenvalue weighted by Crippen LogP contribution is 2.42. The zero-order valence-electron chi connectivity index (χ0n) is 10.6. The Morgan fingerprint density at radius 3 is 2.88 bits per heavy atom. The Balaban J connectivity index is 1.91. The van der Waals surface area contributed by atoms with Crippen LogP contribution in [0.25, 0.3) is 5.57 Å². The topological polar surface area (TPSA) is 12.0 Å². The van der Waals surface area contributed by atoms with Gasteiger partial charge in [0.05, 0.1) is 0 Å². The van der Waals surface area contributed by atoms with Gasteiger partial charge in [0, 0.05) is 0 Å². The van der Waals surface area contributed by atoms with E-state index in [4.69, 9.17) is 0 Å². The molecule has 1 aliphatic heterocycles. The van der Waals surface area contributed by atoms with E-state index in [1.165, 1.54) is 42.4 Å². The SMILES string of the molecule is Cc1ccc(C2=CCCNCC2)cc1C1CC1. The van der Waals surface area contributed by atoms with Gasteiger partial charge in [-0.2, -0.15) is 0 Å². The molecule has 1 aliphatic carbocycles. The van der Waals surface area contributed by atoms with Gasteiger partial charge in [0.15, 0.2) is 0 Å². The van der Waals surface area contributed by atoms with Gasteiger partial charge in [-0.1, -0.05) is 24.3 Å². The number of aryl methyl sites for hydroxylation is 1. The quantitative estimate of drug-likeness (QED) is 0.813. The number of rotatable bonds is 2. The van der Waals surface area contributed by atoms with Crippen molar-refractivity contribution in [3.05, 3.63) is 41.0 Å². The zero-order chi connectivity index (χ0) is 11.7. The predicted octanol–water partition coefficient (Wildman–Crippen LogP) is 3.64. The molecule has 1 N–H and O–H groups in total. The number of benzene rings is 1. The average Bonchev–Trinajstić information content (AvgIpc) is 3.17. The molecule has 1 aromatic carbocycles. The third-order valence-electron chi connectivity index (χ3n) is 3.95. The average molecular weight is 227 g/mol. The summed E-state index contributed by atoms with van der Waals surface area (Å²) in [4.78, 5) is 0. The smallest absolute Gasteiger partial charge is 0.000812 e. The summed E-state index contributed by atoms with van der Waals surface area (Å²) < 4.78 is 0. The van der Waals surface area contributed by atoms with E-state index in [1.54, 1.807) is 5.56 Å². The highest BCUT2D eigenvalue weighted by atomic mass is 14.8. The summed E-state index contributed by atoms with van der Waals surface area (Å²) in [5, 5.41) is 3.46. The van der Waals surface area contributed by atoms with Crippen LogP contribution in [0.4, 0.5) is 0 Å². The number of hydrogen-bond donors (Lipinski definition) is 1. The van der Waals surface area contributed by atoms with Crippen molar-refractivity contribution in [2.24, 2.45) is 0 Å². The van der Waals surface area contributed by atoms with E-state index in [1.807, 2.05) is 0 Å². The first-order valence-electron chi connectivity index (χ1n) is 6.85. The molecule has 1 fully saturated rings. The van der Waals surface area contributed by atoms with E-state index in [0.717, 1.165) is 19.0 Å². The molecule has 0 aromatic heterocycles. The molecule has 2 aliphatic rings. The lowest BCUT2D eigenvalue weighted by atomic mass is 9.95. The van der Waals surface area contributed by atoms with E-state index in [2.05, 4.69) is 36.5 Å². The fraction of sp³-hybridized carbons (Fsp3) is 0.500. The molecule has 0 atom stereocenters. The molecule has 1 aromatic rings. The summed E-state index contributed by atoms with van der Waals surface area (Å²) >= 11 is 0. The van der Waals surface area contributed by atoms with Crippen LogP contribution in [0.5, 0.6) is 0 Å². The Morgan fingerprint density at radius 1 is 1.18 bits per heavy atom. The molecule has 90 valence electrons. The molecule has 0 bridgehead atoms. The third kappa shape index (κ3) is 2.44. The molecule has 1 heterocycles. The van der Waals surface area contributed by atoms with Crippen molar-refractivity contribution in [1.29, 1.82) is 0 Å². The molecule has 0 spiro atoms. The predicted molar refractivity (Wildman–Crippen MR) is 73.2 cm³/mol. The van der Waals surface area contributed by atoms with Gasteiger partial charge in [0.2, 0.25) is 0 Å². The van der Waals surface area contributed by atoms with Gasteiger partial charge in [0.25, 0.3) is 0 Å². The summed E-state index contributed by atoms with van der Waals surface area (Å²) in [6, 6.07) is 7.06. The van der Waals surface area contributed by atoms with Crippen LogP contribution in [0.3, 0.4) is 0 Å². The van der Waals surface area contributed by atoms with Gasteiger partial charge in [-0.3, -0.25) is 0 Å². The Labute approximate surface area is 104 Å². The molecule has 0 unspecified atom stereocenters. The molecular formula is C16H21N. The molecule has 0 amide bonds. The third-order valence-corrected chi connectivity index (χ3v) is 3.95. The van der Waals surface area contributed by atoms with E-state index in [0.29, 0.717) is 0 Å². The Morgan fingerprint density at radius 2 is 2.06 bits per heavy atom. The molecular weight excluding hydrogens is 206 g/mol. The van der Waals surface area contributed by atoms with Gasteiger partial charge in [-0.05, 0) is 73.9 Å². The van der Waals surface area contributed by atoms with E-state index in [9.17, 15) is 0 Å². The van der Waals surface area contributed by atoms with Crippen LogP contribution in [-0.2, 0) is 0 Å². The van der Waals surface area contributed by atoms with E-state index in [-0.39, 0.29) is 0 Å². The van der Waals surface area contributed by atoms with Gasteiger partial charge < -0.3 is 5.32 Å². The molecule has 3 rings (SSSR count). The summed E-state index contributed by atoms with van der Waals surface area (Å²) in [7, 11) is 0. The highest BCUT2D eigenvalue weighted by molar-refractivity contribution is 5.67. The molecule has 1 saturated carbocycles. The lowest BCUT2D eigenvalue weighted by Crippen LogP contribution is -2.13. The van der Waals surface area contributed by atoms with Crippen molar-refractivity contribution < 1.29 is 0 Å². The maximum Gasteiger partial charge on any atom is -0.000812 e. The van der Waals surface area contributed by atoms with Crippen molar-refractivity contribution in [3.8, 4) is 0 Å². The standard InChI is InChI=1S/C16H21N/c1-12-4-5-15(11-16(12)14-6-7-14)13-3-2-9-17-10-8-13/h3-5,11,14,17H,2,6-10H2,1H3. The number of nitrogens with one attached hydrogen (secondary N) is 1. The first-order chi connectivity index (χ1) is 8.34. The van der Waals surface area contributed by atoms with E-state index >= 15 is 0 Å².